The van der Waals surface area contributed by atoms with Gasteiger partial charge in [0, 0.05) is 23.2 Å². The molecule has 0 amide bonds. The van der Waals surface area contributed by atoms with E-state index < -0.39 is 4.92 Å². The van der Waals surface area contributed by atoms with E-state index in [0.717, 1.165) is 12.8 Å². The Morgan fingerprint density at radius 2 is 2.28 bits per heavy atom. The van der Waals surface area contributed by atoms with E-state index in [1.165, 1.54) is 18.2 Å². The molecule has 0 saturated heterocycles. The number of rotatable bonds is 7. The first-order chi connectivity index (χ1) is 8.69. The molecule has 0 aliphatic rings. The van der Waals surface area contributed by atoms with Crippen molar-refractivity contribution in [2.75, 3.05) is 18.4 Å². The molecule has 0 aliphatic carbocycles. The first-order valence-corrected chi connectivity index (χ1v) is 5.46. The predicted molar refractivity (Wildman–Crippen MR) is 68.7 cm³/mol. The zero-order chi connectivity index (χ0) is 13.4. The van der Waals surface area contributed by atoms with Gasteiger partial charge in [0.25, 0.3) is 5.69 Å². The highest BCUT2D eigenvalue weighted by Gasteiger charge is 2.13. The van der Waals surface area contributed by atoms with Crippen molar-refractivity contribution in [3.05, 3.63) is 38.8 Å². The molecule has 8 heteroatoms. The minimum absolute atomic E-state index is 0.104. The quantitative estimate of drug-likeness (QED) is 0.192. The van der Waals surface area contributed by atoms with Crippen molar-refractivity contribution in [3.63, 3.8) is 0 Å². The van der Waals surface area contributed by atoms with Gasteiger partial charge in [-0.3, -0.25) is 10.1 Å². The number of nitrogens with two attached hydrogens (primary N) is 1. The smallest absolute Gasteiger partial charge is 0.292 e. The molecule has 0 saturated carbocycles. The maximum Gasteiger partial charge on any atom is 0.292 e. The first kappa shape index (κ1) is 13.8. The lowest BCUT2D eigenvalue weighted by Crippen LogP contribution is -2.07. The van der Waals surface area contributed by atoms with Crippen molar-refractivity contribution >= 4 is 17.1 Å². The molecule has 96 valence electrons. The Hall–Kier alpha value is -2.31. The fourth-order valence-corrected chi connectivity index (χ4v) is 1.43. The van der Waals surface area contributed by atoms with Crippen LogP contribution in [0.2, 0.25) is 0 Å². The van der Waals surface area contributed by atoms with Crippen LogP contribution < -0.4 is 11.1 Å². The maximum atomic E-state index is 10.9. The summed E-state index contributed by atoms with van der Waals surface area (Å²) in [4.78, 5) is 13.0. The number of benzene rings is 1. The summed E-state index contributed by atoms with van der Waals surface area (Å²) in [5.74, 6) is 0. The van der Waals surface area contributed by atoms with Crippen LogP contribution in [0.4, 0.5) is 17.1 Å². The van der Waals surface area contributed by atoms with Crippen LogP contribution in [0.15, 0.2) is 23.3 Å². The Labute approximate surface area is 104 Å². The standard InChI is InChI=1S/C10H14N6O2/c11-5-1-2-6-13-9-4-3-8(14-15-12)7-10(9)16(17)18/h3-4,7,13H,1-2,5-6,11H2. The molecule has 0 aliphatic heterocycles. The number of anilines is 1. The summed E-state index contributed by atoms with van der Waals surface area (Å²) >= 11 is 0. The number of hydrogen-bond acceptors (Lipinski definition) is 5. The van der Waals surface area contributed by atoms with Crippen LogP contribution in [0.5, 0.6) is 0 Å². The summed E-state index contributed by atoms with van der Waals surface area (Å²) < 4.78 is 0. The fourth-order valence-electron chi connectivity index (χ4n) is 1.43. The molecule has 0 bridgehead atoms. The molecule has 1 aromatic carbocycles. The molecule has 1 aromatic rings. The van der Waals surface area contributed by atoms with Crippen LogP contribution in [0.1, 0.15) is 12.8 Å². The summed E-state index contributed by atoms with van der Waals surface area (Å²) in [5, 5.41) is 17.2. The SMILES string of the molecule is [N-]=[N+]=Nc1ccc(NCCCCN)c([N+](=O)[O-])c1. The highest BCUT2D eigenvalue weighted by molar-refractivity contribution is 5.66. The third-order valence-corrected chi connectivity index (χ3v) is 2.28. The summed E-state index contributed by atoms with van der Waals surface area (Å²) in [7, 11) is 0. The van der Waals surface area contributed by atoms with Crippen LogP contribution in [-0.4, -0.2) is 18.0 Å². The van der Waals surface area contributed by atoms with Gasteiger partial charge in [0.05, 0.1) is 4.92 Å². The van der Waals surface area contributed by atoms with Crippen molar-refractivity contribution in [2.24, 2.45) is 10.8 Å². The second kappa shape index (κ2) is 7.10. The maximum absolute atomic E-state index is 10.9. The zero-order valence-electron chi connectivity index (χ0n) is 9.74. The predicted octanol–water partition coefficient (Wildman–Crippen LogP) is 2.69. The van der Waals surface area contributed by atoms with Gasteiger partial charge >= 0.3 is 0 Å². The molecule has 0 fully saturated rings. The lowest BCUT2D eigenvalue weighted by Gasteiger charge is -2.06. The summed E-state index contributed by atoms with van der Waals surface area (Å²) in [6.07, 6.45) is 1.70. The Bertz CT molecular complexity index is 469. The van der Waals surface area contributed by atoms with Crippen molar-refractivity contribution in [1.82, 2.24) is 0 Å². The Morgan fingerprint density at radius 1 is 1.50 bits per heavy atom. The number of nitrogens with one attached hydrogen (secondary N) is 1. The number of azide groups is 1. The van der Waals surface area contributed by atoms with Crippen LogP contribution in [0.3, 0.4) is 0 Å². The Morgan fingerprint density at radius 3 is 2.89 bits per heavy atom. The average molecular weight is 250 g/mol. The molecule has 0 unspecified atom stereocenters. The Kier molecular flexibility index (Phi) is 5.43. The average Bonchev–Trinajstić information content (AvgIpc) is 2.36. The summed E-state index contributed by atoms with van der Waals surface area (Å²) in [5.41, 5.74) is 14.2. The van der Waals surface area contributed by atoms with Gasteiger partial charge in [-0.2, -0.15) is 0 Å². The van der Waals surface area contributed by atoms with E-state index >= 15 is 0 Å². The van der Waals surface area contributed by atoms with Gasteiger partial charge in [-0.15, -0.1) is 0 Å². The molecule has 0 radical (unpaired) electrons. The number of unbranched alkanes of at least 4 members (excludes halogenated alkanes) is 1. The van der Waals surface area contributed by atoms with E-state index in [1.807, 2.05) is 0 Å². The molecule has 1 rings (SSSR count). The van der Waals surface area contributed by atoms with Crippen molar-refractivity contribution in [1.29, 1.82) is 0 Å². The van der Waals surface area contributed by atoms with Gasteiger partial charge in [0.2, 0.25) is 0 Å². The molecule has 8 nitrogen and oxygen atoms in total. The molecule has 0 aromatic heterocycles. The first-order valence-electron chi connectivity index (χ1n) is 5.46. The molecular weight excluding hydrogens is 236 g/mol. The highest BCUT2D eigenvalue weighted by atomic mass is 16.6. The van der Waals surface area contributed by atoms with Gasteiger partial charge < -0.3 is 11.1 Å². The van der Waals surface area contributed by atoms with Crippen LogP contribution in [0, 0.1) is 10.1 Å². The lowest BCUT2D eigenvalue weighted by atomic mass is 10.2. The van der Waals surface area contributed by atoms with Gasteiger partial charge in [0.15, 0.2) is 0 Å². The summed E-state index contributed by atoms with van der Waals surface area (Å²) in [6.45, 7) is 1.21. The van der Waals surface area contributed by atoms with Crippen LogP contribution >= 0.6 is 0 Å². The normalized spacial score (nSPS) is 9.61. The minimum atomic E-state index is -0.512. The number of hydrogen-bond donors (Lipinski definition) is 2. The molecule has 0 heterocycles. The minimum Gasteiger partial charge on any atom is -0.379 e. The van der Waals surface area contributed by atoms with E-state index in [0.29, 0.717) is 18.8 Å². The van der Waals surface area contributed by atoms with E-state index in [1.54, 1.807) is 0 Å². The number of nitro benzene ring substituents is 1. The molecule has 0 spiro atoms. The molecule has 0 atom stereocenters. The molecular formula is C10H14N6O2. The number of nitro groups is 1. The van der Waals surface area contributed by atoms with Gasteiger partial charge in [0.1, 0.15) is 5.69 Å². The fraction of sp³-hybridized carbons (Fsp3) is 0.400. The largest absolute Gasteiger partial charge is 0.379 e. The van der Waals surface area contributed by atoms with E-state index in [9.17, 15) is 10.1 Å². The van der Waals surface area contributed by atoms with Crippen LogP contribution in [-0.2, 0) is 0 Å². The highest BCUT2D eigenvalue weighted by Crippen LogP contribution is 2.29. The summed E-state index contributed by atoms with van der Waals surface area (Å²) in [6, 6.07) is 4.30. The van der Waals surface area contributed by atoms with Gasteiger partial charge in [-0.25, -0.2) is 0 Å². The molecule has 3 N–H and O–H groups in total. The second-order valence-corrected chi connectivity index (χ2v) is 3.57. The van der Waals surface area contributed by atoms with E-state index in [-0.39, 0.29) is 11.4 Å². The zero-order valence-corrected chi connectivity index (χ0v) is 9.74. The molecule has 18 heavy (non-hydrogen) atoms. The van der Waals surface area contributed by atoms with E-state index in [4.69, 9.17) is 11.3 Å². The van der Waals surface area contributed by atoms with Crippen molar-refractivity contribution in [3.8, 4) is 0 Å². The van der Waals surface area contributed by atoms with Gasteiger partial charge in [-0.05, 0) is 31.0 Å². The van der Waals surface area contributed by atoms with Crippen LogP contribution in [0.25, 0.3) is 10.4 Å². The monoisotopic (exact) mass is 250 g/mol. The lowest BCUT2D eigenvalue weighted by molar-refractivity contribution is -0.383. The van der Waals surface area contributed by atoms with Gasteiger partial charge in [-0.1, -0.05) is 11.2 Å². The number of nitrogens with zero attached hydrogens (tertiary/aromatic N) is 4. The van der Waals surface area contributed by atoms with Crippen molar-refractivity contribution in [2.45, 2.75) is 12.8 Å². The van der Waals surface area contributed by atoms with Crippen molar-refractivity contribution < 1.29 is 4.92 Å². The van der Waals surface area contributed by atoms with E-state index in [2.05, 4.69) is 15.3 Å². The topological polar surface area (TPSA) is 130 Å². The second-order valence-electron chi connectivity index (χ2n) is 3.57. The third kappa shape index (κ3) is 3.93. The third-order valence-electron chi connectivity index (χ3n) is 2.28. The Balaban J connectivity index is 2.83.